The second-order valence-electron chi connectivity index (χ2n) is 4.34. The van der Waals surface area contributed by atoms with Crippen LogP contribution in [0.4, 0.5) is 5.69 Å². The van der Waals surface area contributed by atoms with E-state index in [4.69, 9.17) is 0 Å². The number of para-hydroxylation sites is 1. The maximum atomic E-state index is 2.58. The third-order valence-corrected chi connectivity index (χ3v) is 7.71. The van der Waals surface area contributed by atoms with Crippen LogP contribution in [0.15, 0.2) is 59.5 Å². The van der Waals surface area contributed by atoms with Crippen LogP contribution >= 0.6 is 28.9 Å². The second kappa shape index (κ2) is 5.05. The summed E-state index contributed by atoms with van der Waals surface area (Å²) in [4.78, 5) is 5.33. The average Bonchev–Trinajstić information content (AvgIpc) is 2.66. The fourth-order valence-corrected chi connectivity index (χ4v) is 6.16. The highest BCUT2D eigenvalue weighted by Gasteiger charge is 2.23. The van der Waals surface area contributed by atoms with E-state index in [1.807, 2.05) is 0 Å². The molecule has 18 heavy (non-hydrogen) atoms. The molecule has 1 nitrogen and oxygen atoms in total. The maximum absolute atomic E-state index is 2.58. The van der Waals surface area contributed by atoms with Crippen LogP contribution < -0.4 is 4.90 Å². The molecule has 0 N–H and O–H groups in total. The monoisotopic (exact) mass is 367 g/mol. The van der Waals surface area contributed by atoms with E-state index < -0.39 is 0 Å². The first-order valence-corrected chi connectivity index (χ1v) is 9.67. The molecule has 0 amide bonds. The molecule has 2 aromatic rings. The summed E-state index contributed by atoms with van der Waals surface area (Å²) < 4.78 is 0. The molecule has 1 heterocycles. The molecule has 0 fully saturated rings. The van der Waals surface area contributed by atoms with E-state index in [1.54, 1.807) is 0 Å². The number of nitrogens with zero attached hydrogens (tertiary/aromatic N) is 1. The minimum atomic E-state index is 0.196. The number of hydrogen-bond donors (Lipinski definition) is 0. The lowest BCUT2D eigenvalue weighted by Gasteiger charge is -2.17. The maximum Gasteiger partial charge on any atom is 0.0605 e. The van der Waals surface area contributed by atoms with Crippen molar-refractivity contribution in [2.75, 3.05) is 11.9 Å². The number of likely N-dealkylation sites (N-methyl/N-ethyl adjacent to an activating group) is 1. The standard InChI is InChI=1S/C15H14INS/c1-17-13-9-5-6-10-14(13)18(16)15(17)11-12-7-3-2-4-8-12/h2-10H,11H2,1H3. The topological polar surface area (TPSA) is 3.24 Å². The van der Waals surface area contributed by atoms with Crippen LogP contribution in [0.3, 0.4) is 0 Å². The Bertz CT molecular complexity index is 607. The summed E-state index contributed by atoms with van der Waals surface area (Å²) in [5.41, 5.74) is 2.75. The molecule has 1 aliphatic rings. The predicted molar refractivity (Wildman–Crippen MR) is 89.9 cm³/mol. The lowest BCUT2D eigenvalue weighted by molar-refractivity contribution is 1.20. The van der Waals surface area contributed by atoms with E-state index >= 15 is 0 Å². The first kappa shape index (κ1) is 12.2. The van der Waals surface area contributed by atoms with Crippen LogP contribution in [0.5, 0.6) is 0 Å². The number of fused-ring (bicyclic) bond motifs is 1. The molecular weight excluding hydrogens is 353 g/mol. The summed E-state index contributed by atoms with van der Waals surface area (Å²) in [7, 11) is 2.38. The second-order valence-corrected chi connectivity index (χ2v) is 8.41. The number of halogens is 1. The summed E-state index contributed by atoms with van der Waals surface area (Å²) in [6.07, 6.45) is 1.04. The predicted octanol–water partition coefficient (Wildman–Crippen LogP) is 4.49. The number of anilines is 1. The van der Waals surface area contributed by atoms with E-state index in [0.717, 1.165) is 6.42 Å². The number of benzene rings is 2. The molecule has 0 saturated carbocycles. The van der Waals surface area contributed by atoms with Gasteiger partial charge >= 0.3 is 0 Å². The summed E-state index contributed by atoms with van der Waals surface area (Å²) in [6.45, 7) is 0. The molecule has 1 unspecified atom stereocenters. The molecule has 0 radical (unpaired) electrons. The van der Waals surface area contributed by atoms with Crippen molar-refractivity contribution >= 4 is 39.5 Å². The molecule has 92 valence electrons. The Hall–Kier alpha value is -0.810. The zero-order valence-corrected chi connectivity index (χ0v) is 13.1. The highest BCUT2D eigenvalue weighted by molar-refractivity contribution is 14.2. The largest absolute Gasteiger partial charge is 0.341 e. The van der Waals surface area contributed by atoms with E-state index in [0.29, 0.717) is 0 Å². The van der Waals surface area contributed by atoms with Crippen LogP contribution in [0.25, 0.3) is 0 Å². The van der Waals surface area contributed by atoms with Crippen molar-refractivity contribution in [2.45, 2.75) is 11.3 Å². The lowest BCUT2D eigenvalue weighted by Crippen LogP contribution is -2.24. The van der Waals surface area contributed by atoms with Gasteiger partial charge < -0.3 is 4.90 Å². The van der Waals surface area contributed by atoms with Crippen LogP contribution in [-0.4, -0.2) is 12.0 Å². The van der Waals surface area contributed by atoms with E-state index in [-0.39, 0.29) is 7.66 Å². The lowest BCUT2D eigenvalue weighted by atomic mass is 10.1. The minimum Gasteiger partial charge on any atom is -0.341 e. The molecular formula is C15H14INS. The van der Waals surface area contributed by atoms with Crippen molar-refractivity contribution in [1.82, 2.24) is 0 Å². The van der Waals surface area contributed by atoms with Crippen molar-refractivity contribution in [3.63, 3.8) is 0 Å². The summed E-state index contributed by atoms with van der Waals surface area (Å²) in [5.74, 6) is 0. The molecule has 0 aromatic heterocycles. The van der Waals surface area contributed by atoms with Crippen LogP contribution in [0.2, 0.25) is 0 Å². The number of rotatable bonds is 2. The molecule has 1 atom stereocenters. The van der Waals surface area contributed by atoms with Gasteiger partial charge in [0.15, 0.2) is 0 Å². The highest BCUT2D eigenvalue weighted by atomic mass is 127. The van der Waals surface area contributed by atoms with Gasteiger partial charge in [-0.1, -0.05) is 50.1 Å². The average molecular weight is 367 g/mol. The molecule has 2 aromatic carbocycles. The van der Waals surface area contributed by atoms with Crippen molar-refractivity contribution in [2.24, 2.45) is 0 Å². The highest BCUT2D eigenvalue weighted by Crippen LogP contribution is 2.48. The van der Waals surface area contributed by atoms with E-state index in [1.165, 1.54) is 21.1 Å². The van der Waals surface area contributed by atoms with Crippen molar-refractivity contribution in [1.29, 1.82) is 0 Å². The Morgan fingerprint density at radius 3 is 2.39 bits per heavy atom. The first-order valence-electron chi connectivity index (χ1n) is 5.90. The van der Waals surface area contributed by atoms with Gasteiger partial charge in [0.1, 0.15) is 0 Å². The van der Waals surface area contributed by atoms with Gasteiger partial charge in [0.05, 0.1) is 10.7 Å². The molecule has 0 saturated heterocycles. The van der Waals surface area contributed by atoms with Crippen LogP contribution in [0, 0.1) is 0 Å². The van der Waals surface area contributed by atoms with E-state index in [9.17, 15) is 0 Å². The van der Waals surface area contributed by atoms with Gasteiger partial charge in [-0.05, 0) is 38.9 Å². The van der Waals surface area contributed by atoms with Crippen molar-refractivity contribution in [3.8, 4) is 0 Å². The van der Waals surface area contributed by atoms with Gasteiger partial charge in [-0.2, -0.15) is 0 Å². The summed E-state index contributed by atoms with van der Waals surface area (Å²) in [5, 5.41) is 0. The van der Waals surface area contributed by atoms with Crippen molar-refractivity contribution < 1.29 is 0 Å². The molecule has 0 spiro atoms. The fraction of sp³-hybridized carbons (Fsp3) is 0.133. The Labute approximate surface area is 122 Å². The summed E-state index contributed by atoms with van der Waals surface area (Å²) in [6, 6.07) is 19.4. The van der Waals surface area contributed by atoms with Crippen LogP contribution in [-0.2, 0) is 6.42 Å². The zero-order chi connectivity index (χ0) is 12.5. The SMILES string of the molecule is CN1C(Cc2ccccc2)=S(I)c2ccccc21. The Kier molecular flexibility index (Phi) is 3.43. The molecule has 1 aliphatic heterocycles. The molecule has 3 rings (SSSR count). The third kappa shape index (κ3) is 2.10. The Balaban J connectivity index is 1.98. The van der Waals surface area contributed by atoms with Gasteiger partial charge in [0.25, 0.3) is 0 Å². The van der Waals surface area contributed by atoms with Crippen molar-refractivity contribution in [3.05, 3.63) is 60.2 Å². The van der Waals surface area contributed by atoms with E-state index in [2.05, 4.69) is 87.8 Å². The van der Waals surface area contributed by atoms with Gasteiger partial charge in [0, 0.05) is 18.4 Å². The third-order valence-electron chi connectivity index (χ3n) is 3.20. The fourth-order valence-electron chi connectivity index (χ4n) is 2.22. The smallest absolute Gasteiger partial charge is 0.0605 e. The quantitative estimate of drug-likeness (QED) is 0.559. The van der Waals surface area contributed by atoms with Gasteiger partial charge in [0.2, 0.25) is 0 Å². The van der Waals surface area contributed by atoms with Crippen LogP contribution in [0.1, 0.15) is 5.56 Å². The minimum absolute atomic E-state index is 0.196. The molecule has 0 bridgehead atoms. The first-order chi connectivity index (χ1) is 8.77. The number of hydrogen-bond acceptors (Lipinski definition) is 1. The Morgan fingerprint density at radius 2 is 1.67 bits per heavy atom. The van der Waals surface area contributed by atoms with Gasteiger partial charge in [-0.25, -0.2) is 0 Å². The zero-order valence-electron chi connectivity index (χ0n) is 10.1. The molecule has 3 heteroatoms. The van der Waals surface area contributed by atoms with Gasteiger partial charge in [-0.15, -0.1) is 0 Å². The van der Waals surface area contributed by atoms with Gasteiger partial charge in [-0.3, -0.25) is 0 Å². The molecule has 0 aliphatic carbocycles. The summed E-state index contributed by atoms with van der Waals surface area (Å²) >= 11 is 2.58. The normalized spacial score (nSPS) is 18.0. The Morgan fingerprint density at radius 1 is 1.00 bits per heavy atom.